The number of carbonyl (C=O) groups excluding carboxylic acids is 1. The molecule has 1 N–H and O–H groups in total. The van der Waals surface area contributed by atoms with Crippen molar-refractivity contribution in [2.75, 3.05) is 19.6 Å². The van der Waals surface area contributed by atoms with Crippen molar-refractivity contribution in [3.8, 4) is 0 Å². The van der Waals surface area contributed by atoms with Gasteiger partial charge in [-0.1, -0.05) is 27.5 Å². The zero-order valence-electron chi connectivity index (χ0n) is 10.6. The first kappa shape index (κ1) is 15.0. The zero-order valence-corrected chi connectivity index (χ0v) is 13.0. The van der Waals surface area contributed by atoms with Crippen LogP contribution in [0.2, 0.25) is 5.02 Å². The molecule has 1 fully saturated rings. The van der Waals surface area contributed by atoms with Gasteiger partial charge in [0.1, 0.15) is 0 Å². The average molecular weight is 347 g/mol. The summed E-state index contributed by atoms with van der Waals surface area (Å²) in [6.07, 6.45) is 1.89. The van der Waals surface area contributed by atoms with Crippen molar-refractivity contribution in [2.24, 2.45) is 0 Å². The fraction of sp³-hybridized carbons (Fsp3) is 0.500. The van der Waals surface area contributed by atoms with Gasteiger partial charge in [0.05, 0.1) is 11.1 Å². The van der Waals surface area contributed by atoms with Crippen molar-refractivity contribution >= 4 is 33.3 Å². The highest BCUT2D eigenvalue weighted by atomic mass is 79.9. The largest absolute Gasteiger partial charge is 0.393 e. The van der Waals surface area contributed by atoms with Crippen LogP contribution in [0.4, 0.5) is 0 Å². The first-order chi connectivity index (χ1) is 9.06. The molecule has 0 atom stereocenters. The fourth-order valence-corrected chi connectivity index (χ4v) is 3.03. The predicted octanol–water partition coefficient (Wildman–Crippen LogP) is 3.13. The quantitative estimate of drug-likeness (QED) is 0.852. The minimum absolute atomic E-state index is 0.0728. The predicted molar refractivity (Wildman–Crippen MR) is 79.8 cm³/mol. The van der Waals surface area contributed by atoms with Gasteiger partial charge in [0.15, 0.2) is 5.78 Å². The maximum atomic E-state index is 12.1. The summed E-state index contributed by atoms with van der Waals surface area (Å²) in [6.45, 7) is 2.46. The molecule has 1 aliphatic heterocycles. The molecule has 0 bridgehead atoms. The number of ketones is 1. The summed E-state index contributed by atoms with van der Waals surface area (Å²) >= 11 is 9.39. The van der Waals surface area contributed by atoms with E-state index in [1.54, 1.807) is 12.1 Å². The van der Waals surface area contributed by atoms with E-state index in [9.17, 15) is 9.90 Å². The van der Waals surface area contributed by atoms with Crippen LogP contribution in [0.1, 0.15) is 29.6 Å². The lowest BCUT2D eigenvalue weighted by molar-refractivity contribution is 0.0778. The van der Waals surface area contributed by atoms with Crippen LogP contribution in [0.5, 0.6) is 0 Å². The lowest BCUT2D eigenvalue weighted by atomic mass is 10.1. The summed E-state index contributed by atoms with van der Waals surface area (Å²) in [7, 11) is 0. The Morgan fingerprint density at radius 2 is 2.11 bits per heavy atom. The van der Waals surface area contributed by atoms with E-state index in [0.717, 1.165) is 36.9 Å². The Balaban J connectivity index is 1.87. The summed E-state index contributed by atoms with van der Waals surface area (Å²) in [4.78, 5) is 14.3. The first-order valence-corrected chi connectivity index (χ1v) is 7.62. The molecule has 1 aliphatic rings. The number of Topliss-reactive ketones (excluding diaryl/α,β-unsaturated/α-hetero) is 1. The van der Waals surface area contributed by atoms with Gasteiger partial charge in [-0.3, -0.25) is 4.79 Å². The Kier molecular flexibility index (Phi) is 5.39. The number of benzene rings is 1. The maximum absolute atomic E-state index is 12.1. The van der Waals surface area contributed by atoms with Gasteiger partial charge in [-0.15, -0.1) is 0 Å². The summed E-state index contributed by atoms with van der Waals surface area (Å²) in [5, 5.41) is 9.92. The SMILES string of the molecule is O=C(CCN1CCC(O)CC1)c1ccc(Br)cc1Cl. The number of hydrogen-bond acceptors (Lipinski definition) is 3. The Morgan fingerprint density at radius 3 is 2.74 bits per heavy atom. The molecular weight excluding hydrogens is 330 g/mol. The van der Waals surface area contributed by atoms with Gasteiger partial charge in [0.2, 0.25) is 0 Å². The van der Waals surface area contributed by atoms with Crippen LogP contribution in [0.15, 0.2) is 22.7 Å². The molecule has 0 aliphatic carbocycles. The van der Waals surface area contributed by atoms with Gasteiger partial charge in [0, 0.05) is 36.1 Å². The van der Waals surface area contributed by atoms with Gasteiger partial charge < -0.3 is 10.0 Å². The molecule has 1 aromatic carbocycles. The van der Waals surface area contributed by atoms with Crippen LogP contribution in [0.3, 0.4) is 0 Å². The Morgan fingerprint density at radius 1 is 1.42 bits per heavy atom. The van der Waals surface area contributed by atoms with Crippen molar-refractivity contribution in [3.63, 3.8) is 0 Å². The lowest BCUT2D eigenvalue weighted by Gasteiger charge is -2.29. The molecule has 104 valence electrons. The van der Waals surface area contributed by atoms with Gasteiger partial charge in [-0.05, 0) is 31.0 Å². The van der Waals surface area contributed by atoms with Crippen molar-refractivity contribution in [1.29, 1.82) is 0 Å². The van der Waals surface area contributed by atoms with E-state index in [2.05, 4.69) is 20.8 Å². The molecule has 3 nitrogen and oxygen atoms in total. The van der Waals surface area contributed by atoms with Gasteiger partial charge >= 0.3 is 0 Å². The van der Waals surface area contributed by atoms with E-state index >= 15 is 0 Å². The number of likely N-dealkylation sites (tertiary alicyclic amines) is 1. The Hall–Kier alpha value is -0.420. The normalized spacial score (nSPS) is 17.6. The Bertz CT molecular complexity index is 459. The highest BCUT2D eigenvalue weighted by Crippen LogP contribution is 2.22. The average Bonchev–Trinajstić information content (AvgIpc) is 2.37. The Labute approximate surface area is 126 Å². The van der Waals surface area contributed by atoms with E-state index in [1.165, 1.54) is 0 Å². The van der Waals surface area contributed by atoms with E-state index in [4.69, 9.17) is 11.6 Å². The van der Waals surface area contributed by atoms with E-state index in [0.29, 0.717) is 17.0 Å². The number of rotatable bonds is 4. The molecule has 2 rings (SSSR count). The number of hydrogen-bond donors (Lipinski definition) is 1. The molecule has 0 spiro atoms. The van der Waals surface area contributed by atoms with Crippen LogP contribution in [-0.2, 0) is 0 Å². The maximum Gasteiger partial charge on any atom is 0.165 e. The van der Waals surface area contributed by atoms with Gasteiger partial charge in [-0.25, -0.2) is 0 Å². The van der Waals surface area contributed by atoms with E-state index < -0.39 is 0 Å². The van der Waals surface area contributed by atoms with Crippen LogP contribution in [0.25, 0.3) is 0 Å². The van der Waals surface area contributed by atoms with Crippen LogP contribution in [0, 0.1) is 0 Å². The van der Waals surface area contributed by atoms with Crippen LogP contribution < -0.4 is 0 Å². The summed E-state index contributed by atoms with van der Waals surface area (Å²) < 4.78 is 0.874. The zero-order chi connectivity index (χ0) is 13.8. The minimum Gasteiger partial charge on any atom is -0.393 e. The molecule has 0 amide bonds. The second-order valence-electron chi connectivity index (χ2n) is 4.87. The monoisotopic (exact) mass is 345 g/mol. The molecule has 1 aromatic rings. The van der Waals surface area contributed by atoms with E-state index in [-0.39, 0.29) is 11.9 Å². The summed E-state index contributed by atoms with van der Waals surface area (Å²) in [5.74, 6) is 0.0728. The molecule has 0 saturated carbocycles. The van der Waals surface area contributed by atoms with E-state index in [1.807, 2.05) is 6.07 Å². The molecule has 1 saturated heterocycles. The second-order valence-corrected chi connectivity index (χ2v) is 6.19. The van der Waals surface area contributed by atoms with Crippen molar-refractivity contribution in [2.45, 2.75) is 25.4 Å². The third-order valence-electron chi connectivity index (χ3n) is 3.44. The van der Waals surface area contributed by atoms with Crippen LogP contribution in [-0.4, -0.2) is 41.5 Å². The van der Waals surface area contributed by atoms with Crippen molar-refractivity contribution in [1.82, 2.24) is 4.90 Å². The molecule has 0 unspecified atom stereocenters. The van der Waals surface area contributed by atoms with Crippen LogP contribution >= 0.6 is 27.5 Å². The minimum atomic E-state index is -0.173. The molecule has 0 radical (unpaired) electrons. The topological polar surface area (TPSA) is 40.5 Å². The molecule has 19 heavy (non-hydrogen) atoms. The van der Waals surface area contributed by atoms with Gasteiger partial charge in [-0.2, -0.15) is 0 Å². The summed E-state index contributed by atoms with van der Waals surface area (Å²) in [5.41, 5.74) is 0.585. The lowest BCUT2D eigenvalue weighted by Crippen LogP contribution is -2.37. The second kappa shape index (κ2) is 6.84. The number of aliphatic hydroxyl groups is 1. The summed E-state index contributed by atoms with van der Waals surface area (Å²) in [6, 6.07) is 5.33. The molecular formula is C14H17BrClNO2. The fourth-order valence-electron chi connectivity index (χ4n) is 2.25. The van der Waals surface area contributed by atoms with Crippen molar-refractivity contribution < 1.29 is 9.90 Å². The number of carbonyl (C=O) groups is 1. The highest BCUT2D eigenvalue weighted by molar-refractivity contribution is 9.10. The highest BCUT2D eigenvalue weighted by Gasteiger charge is 2.18. The molecule has 1 heterocycles. The number of halogens is 2. The molecule has 5 heteroatoms. The standard InChI is InChI=1S/C14H17BrClNO2/c15-10-1-2-12(13(16)9-10)14(19)5-8-17-6-3-11(18)4-7-17/h1-2,9,11,18H,3-8H2. The number of piperidine rings is 1. The number of nitrogens with zero attached hydrogens (tertiary/aromatic N) is 1. The smallest absolute Gasteiger partial charge is 0.165 e. The third kappa shape index (κ3) is 4.28. The molecule has 0 aromatic heterocycles. The third-order valence-corrected chi connectivity index (χ3v) is 4.25. The number of aliphatic hydroxyl groups excluding tert-OH is 1. The first-order valence-electron chi connectivity index (χ1n) is 6.45. The van der Waals surface area contributed by atoms with Crippen molar-refractivity contribution in [3.05, 3.63) is 33.3 Å². The van der Waals surface area contributed by atoms with Gasteiger partial charge in [0.25, 0.3) is 0 Å².